The molecule has 4 nitrogen and oxygen atoms in total. The number of hydrogen-bond acceptors (Lipinski definition) is 4. The molecule has 0 atom stereocenters. The lowest BCUT2D eigenvalue weighted by Crippen LogP contribution is -2.35. The first kappa shape index (κ1) is 21.8. The highest BCUT2D eigenvalue weighted by Crippen LogP contribution is 2.37. The minimum absolute atomic E-state index is 0.112. The fraction of sp³-hybridized carbons (Fsp3) is 0.304. The Morgan fingerprint density at radius 2 is 1.57 bits per heavy atom. The molecule has 0 spiro atoms. The number of aromatic hydroxyl groups is 1. The molecule has 3 rings (SSSR count). The summed E-state index contributed by atoms with van der Waals surface area (Å²) in [6.45, 7) is 8.30. The van der Waals surface area contributed by atoms with Crippen LogP contribution in [0.4, 0.5) is 13.2 Å². The predicted molar refractivity (Wildman–Crippen MR) is 111 cm³/mol. The van der Waals surface area contributed by atoms with Crippen molar-refractivity contribution in [2.45, 2.75) is 46.0 Å². The number of aromatic nitrogens is 2. The van der Waals surface area contributed by atoms with Crippen molar-refractivity contribution in [2.24, 2.45) is 0 Å². The summed E-state index contributed by atoms with van der Waals surface area (Å²) in [5.41, 5.74) is 2.83. The average molecular weight is 415 g/mol. The van der Waals surface area contributed by atoms with Crippen LogP contribution in [0.3, 0.4) is 0 Å². The number of phenols is 1. The van der Waals surface area contributed by atoms with Crippen molar-refractivity contribution in [3.05, 3.63) is 65.7 Å². The zero-order valence-corrected chi connectivity index (χ0v) is 17.3. The zero-order valence-electron chi connectivity index (χ0n) is 17.3. The molecule has 0 fully saturated rings. The van der Waals surface area contributed by atoms with E-state index in [0.29, 0.717) is 28.8 Å². The first-order valence-corrected chi connectivity index (χ1v) is 9.51. The highest BCUT2D eigenvalue weighted by atomic mass is 19.4. The number of hydrogen-bond donors (Lipinski definition) is 2. The van der Waals surface area contributed by atoms with Crippen molar-refractivity contribution in [2.75, 3.05) is 0 Å². The molecule has 3 aromatic rings. The molecule has 0 aliphatic carbocycles. The van der Waals surface area contributed by atoms with Crippen molar-refractivity contribution in [3.63, 3.8) is 0 Å². The van der Waals surface area contributed by atoms with Gasteiger partial charge in [0.25, 0.3) is 0 Å². The Bertz CT molecular complexity index is 1020. The van der Waals surface area contributed by atoms with Gasteiger partial charge in [-0.1, -0.05) is 12.1 Å². The lowest BCUT2D eigenvalue weighted by molar-refractivity contribution is -0.141. The molecule has 1 aromatic carbocycles. The van der Waals surface area contributed by atoms with Gasteiger partial charge < -0.3 is 10.4 Å². The Kier molecular flexibility index (Phi) is 5.85. The van der Waals surface area contributed by atoms with Crippen LogP contribution in [-0.2, 0) is 12.7 Å². The first-order chi connectivity index (χ1) is 13.9. The van der Waals surface area contributed by atoms with Crippen molar-refractivity contribution in [1.82, 2.24) is 15.3 Å². The van der Waals surface area contributed by atoms with Gasteiger partial charge in [0, 0.05) is 52.4 Å². The van der Waals surface area contributed by atoms with Crippen LogP contribution < -0.4 is 5.32 Å². The van der Waals surface area contributed by atoms with Gasteiger partial charge in [-0.2, -0.15) is 13.2 Å². The van der Waals surface area contributed by atoms with E-state index in [1.165, 1.54) is 12.3 Å². The second-order valence-corrected chi connectivity index (χ2v) is 8.25. The summed E-state index contributed by atoms with van der Waals surface area (Å²) in [5.74, 6) is 0.112. The molecule has 2 heterocycles. The number of phenolic OH excluding ortho intramolecular Hbond substituents is 1. The molecule has 0 amide bonds. The van der Waals surface area contributed by atoms with Crippen LogP contribution in [0.5, 0.6) is 5.75 Å². The molecule has 0 saturated carbocycles. The van der Waals surface area contributed by atoms with Crippen molar-refractivity contribution >= 4 is 0 Å². The molecule has 2 aromatic heterocycles. The molecule has 0 aliphatic heterocycles. The summed E-state index contributed by atoms with van der Waals surface area (Å²) in [6.07, 6.45) is -1.62. The number of alkyl halides is 3. The van der Waals surface area contributed by atoms with Gasteiger partial charge in [0.2, 0.25) is 0 Å². The molecular formula is C23H24F3N3O. The molecule has 0 bridgehead atoms. The lowest BCUT2D eigenvalue weighted by Gasteiger charge is -2.22. The molecule has 2 N–H and O–H groups in total. The maximum absolute atomic E-state index is 12.9. The van der Waals surface area contributed by atoms with E-state index in [9.17, 15) is 18.3 Å². The fourth-order valence-electron chi connectivity index (χ4n) is 2.94. The van der Waals surface area contributed by atoms with Gasteiger partial charge in [0.15, 0.2) is 0 Å². The van der Waals surface area contributed by atoms with Crippen LogP contribution >= 0.6 is 0 Å². The van der Waals surface area contributed by atoms with E-state index in [-0.39, 0.29) is 11.3 Å². The maximum Gasteiger partial charge on any atom is 0.433 e. The molecule has 30 heavy (non-hydrogen) atoms. The second-order valence-electron chi connectivity index (χ2n) is 8.25. The number of rotatable bonds is 4. The zero-order chi connectivity index (χ0) is 22.1. The SMILES string of the molecule is Cc1ccc(-c2cc(-c3ccc(C(F)(F)F)nc3)cc(CNC(C)(C)C)c2O)cn1. The van der Waals surface area contributed by atoms with Gasteiger partial charge in [-0.15, -0.1) is 0 Å². The number of nitrogens with one attached hydrogen (secondary N) is 1. The van der Waals surface area contributed by atoms with Crippen molar-refractivity contribution < 1.29 is 18.3 Å². The summed E-state index contributed by atoms with van der Waals surface area (Å²) in [4.78, 5) is 7.85. The van der Waals surface area contributed by atoms with E-state index in [1.807, 2.05) is 39.8 Å². The molecular weight excluding hydrogens is 391 g/mol. The Morgan fingerprint density at radius 1 is 0.900 bits per heavy atom. The number of pyridine rings is 2. The molecule has 7 heteroatoms. The van der Waals surface area contributed by atoms with E-state index in [4.69, 9.17) is 0 Å². The highest BCUT2D eigenvalue weighted by molar-refractivity contribution is 5.78. The third-order valence-corrected chi connectivity index (χ3v) is 4.61. The summed E-state index contributed by atoms with van der Waals surface area (Å²) in [7, 11) is 0. The quantitative estimate of drug-likeness (QED) is 0.571. The monoisotopic (exact) mass is 415 g/mol. The van der Waals surface area contributed by atoms with Crippen LogP contribution in [0, 0.1) is 6.92 Å². The standard InChI is InChI=1S/C23H24F3N3O/c1-14-5-6-16(12-27-14)19-10-17(9-18(21(19)30)13-29-22(2,3)4)15-7-8-20(28-11-15)23(24,25)26/h5-12,29-30H,13H2,1-4H3. The first-order valence-electron chi connectivity index (χ1n) is 9.51. The van der Waals surface area contributed by atoms with Gasteiger partial charge in [-0.25, -0.2) is 0 Å². The maximum atomic E-state index is 12.9. The Morgan fingerprint density at radius 3 is 2.10 bits per heavy atom. The van der Waals surface area contributed by atoms with Gasteiger partial charge in [-0.05, 0) is 57.5 Å². The Labute approximate surface area is 173 Å². The van der Waals surface area contributed by atoms with Gasteiger partial charge in [-0.3, -0.25) is 9.97 Å². The number of nitrogens with zero attached hydrogens (tertiary/aromatic N) is 2. The minimum Gasteiger partial charge on any atom is -0.507 e. The summed E-state index contributed by atoms with van der Waals surface area (Å²) < 4.78 is 38.6. The summed E-state index contributed by atoms with van der Waals surface area (Å²) in [6, 6.07) is 9.56. The largest absolute Gasteiger partial charge is 0.507 e. The number of aryl methyl sites for hydroxylation is 1. The molecule has 158 valence electrons. The molecule has 0 unspecified atom stereocenters. The van der Waals surface area contributed by atoms with E-state index >= 15 is 0 Å². The van der Waals surface area contributed by atoms with Crippen LogP contribution in [0.2, 0.25) is 0 Å². The van der Waals surface area contributed by atoms with Gasteiger partial charge in [0.1, 0.15) is 11.4 Å². The van der Waals surface area contributed by atoms with Crippen LogP contribution in [0.1, 0.15) is 37.7 Å². The van der Waals surface area contributed by atoms with E-state index in [2.05, 4.69) is 15.3 Å². The van der Waals surface area contributed by atoms with Gasteiger partial charge >= 0.3 is 6.18 Å². The smallest absolute Gasteiger partial charge is 0.433 e. The van der Waals surface area contributed by atoms with Crippen molar-refractivity contribution in [1.29, 1.82) is 0 Å². The third-order valence-electron chi connectivity index (χ3n) is 4.61. The number of benzene rings is 1. The topological polar surface area (TPSA) is 58.0 Å². The number of halogens is 3. The third kappa shape index (κ3) is 5.16. The fourth-order valence-corrected chi connectivity index (χ4v) is 2.94. The normalized spacial score (nSPS) is 12.2. The van der Waals surface area contributed by atoms with Crippen LogP contribution in [0.25, 0.3) is 22.3 Å². The van der Waals surface area contributed by atoms with Crippen LogP contribution in [-0.4, -0.2) is 20.6 Å². The van der Waals surface area contributed by atoms with Gasteiger partial charge in [0.05, 0.1) is 0 Å². The Hall–Kier alpha value is -2.93. The molecule has 0 aliphatic rings. The summed E-state index contributed by atoms with van der Waals surface area (Å²) >= 11 is 0. The highest BCUT2D eigenvalue weighted by Gasteiger charge is 2.32. The molecule has 0 saturated heterocycles. The van der Waals surface area contributed by atoms with E-state index in [0.717, 1.165) is 17.3 Å². The van der Waals surface area contributed by atoms with E-state index in [1.54, 1.807) is 18.3 Å². The predicted octanol–water partition coefficient (Wildman–Crippen LogP) is 5.73. The summed E-state index contributed by atoms with van der Waals surface area (Å²) in [5, 5.41) is 14.2. The average Bonchev–Trinajstić information content (AvgIpc) is 2.67. The van der Waals surface area contributed by atoms with Crippen molar-refractivity contribution in [3.8, 4) is 28.0 Å². The van der Waals surface area contributed by atoms with E-state index < -0.39 is 11.9 Å². The lowest BCUT2D eigenvalue weighted by atomic mass is 9.95. The minimum atomic E-state index is -4.49. The van der Waals surface area contributed by atoms with Crippen LogP contribution in [0.15, 0.2) is 48.8 Å². The Balaban J connectivity index is 2.10. The second kappa shape index (κ2) is 8.07. The molecule has 0 radical (unpaired) electrons.